The molecule has 0 amide bonds. The lowest BCUT2D eigenvalue weighted by Gasteiger charge is -2.21. The molecule has 1 aromatic heterocycles. The zero-order valence-electron chi connectivity index (χ0n) is 12.6. The summed E-state index contributed by atoms with van der Waals surface area (Å²) >= 11 is 0. The molecule has 0 fully saturated rings. The summed E-state index contributed by atoms with van der Waals surface area (Å²) in [4.78, 5) is 2.30. The number of para-hydroxylation sites is 1. The summed E-state index contributed by atoms with van der Waals surface area (Å²) in [5.41, 5.74) is 1.23. The molecule has 108 valence electrons. The Morgan fingerprint density at radius 3 is 2.40 bits per heavy atom. The highest BCUT2D eigenvalue weighted by Crippen LogP contribution is 2.18. The van der Waals surface area contributed by atoms with E-state index in [2.05, 4.69) is 67.4 Å². The molecule has 3 nitrogen and oxygen atoms in total. The zero-order valence-corrected chi connectivity index (χ0v) is 12.6. The summed E-state index contributed by atoms with van der Waals surface area (Å²) in [6.45, 7) is 8.99. The average Bonchev–Trinajstić information content (AvgIpc) is 2.91. The van der Waals surface area contributed by atoms with Crippen molar-refractivity contribution < 1.29 is 4.42 Å². The molecular formula is C17H24N2O. The second kappa shape index (κ2) is 7.15. The number of anilines is 1. The van der Waals surface area contributed by atoms with Gasteiger partial charge in [0.15, 0.2) is 0 Å². The van der Waals surface area contributed by atoms with Gasteiger partial charge in [0.25, 0.3) is 0 Å². The maximum atomic E-state index is 5.88. The average molecular weight is 272 g/mol. The van der Waals surface area contributed by atoms with E-state index in [0.29, 0.717) is 6.04 Å². The predicted octanol–water partition coefficient (Wildman–Crippen LogP) is 3.80. The summed E-state index contributed by atoms with van der Waals surface area (Å²) < 4.78 is 5.88. The van der Waals surface area contributed by atoms with E-state index in [9.17, 15) is 0 Å². The van der Waals surface area contributed by atoms with Crippen molar-refractivity contribution in [2.45, 2.75) is 39.9 Å². The van der Waals surface area contributed by atoms with E-state index >= 15 is 0 Å². The molecule has 1 heterocycles. The SMILES string of the molecule is CCN(Cc1ccc(CNC(C)C)o1)c1ccccc1. The Balaban J connectivity index is 1.98. The molecule has 3 heteroatoms. The molecule has 2 aromatic rings. The van der Waals surface area contributed by atoms with E-state index in [1.54, 1.807) is 0 Å². The van der Waals surface area contributed by atoms with E-state index in [1.807, 2.05) is 6.07 Å². The first-order valence-electron chi connectivity index (χ1n) is 7.30. The fourth-order valence-electron chi connectivity index (χ4n) is 2.12. The van der Waals surface area contributed by atoms with Crippen LogP contribution in [0.2, 0.25) is 0 Å². The van der Waals surface area contributed by atoms with E-state index in [-0.39, 0.29) is 0 Å². The van der Waals surface area contributed by atoms with E-state index in [1.165, 1.54) is 5.69 Å². The summed E-state index contributed by atoms with van der Waals surface area (Å²) in [7, 11) is 0. The van der Waals surface area contributed by atoms with Crippen LogP contribution in [0, 0.1) is 0 Å². The van der Waals surface area contributed by atoms with Gasteiger partial charge < -0.3 is 14.6 Å². The van der Waals surface area contributed by atoms with Crippen LogP contribution in [0.3, 0.4) is 0 Å². The first-order chi connectivity index (χ1) is 9.69. The Hall–Kier alpha value is -1.74. The molecule has 1 N–H and O–H groups in total. The van der Waals surface area contributed by atoms with Crippen LogP contribution in [0.15, 0.2) is 46.9 Å². The van der Waals surface area contributed by atoms with Crippen LogP contribution in [-0.2, 0) is 13.1 Å². The Labute approximate surface area is 121 Å². The predicted molar refractivity (Wildman–Crippen MR) is 83.8 cm³/mol. The first-order valence-corrected chi connectivity index (χ1v) is 7.30. The minimum atomic E-state index is 0.472. The normalized spacial score (nSPS) is 11.0. The van der Waals surface area contributed by atoms with Crippen molar-refractivity contribution >= 4 is 5.69 Å². The summed E-state index contributed by atoms with van der Waals surface area (Å²) in [5.74, 6) is 2.01. The van der Waals surface area contributed by atoms with Gasteiger partial charge in [-0.1, -0.05) is 32.0 Å². The van der Waals surface area contributed by atoms with Gasteiger partial charge in [0.05, 0.1) is 13.1 Å². The van der Waals surface area contributed by atoms with Gasteiger partial charge in [-0.15, -0.1) is 0 Å². The second-order valence-corrected chi connectivity index (χ2v) is 5.25. The highest BCUT2D eigenvalue weighted by molar-refractivity contribution is 5.45. The number of furan rings is 1. The smallest absolute Gasteiger partial charge is 0.123 e. The van der Waals surface area contributed by atoms with Crippen molar-refractivity contribution in [1.82, 2.24) is 5.32 Å². The molecule has 0 spiro atoms. The van der Waals surface area contributed by atoms with Crippen LogP contribution < -0.4 is 10.2 Å². The quantitative estimate of drug-likeness (QED) is 0.831. The van der Waals surface area contributed by atoms with E-state index in [0.717, 1.165) is 31.2 Å². The molecule has 0 atom stereocenters. The minimum Gasteiger partial charge on any atom is -0.463 e. The largest absolute Gasteiger partial charge is 0.463 e. The van der Waals surface area contributed by atoms with Crippen molar-refractivity contribution in [1.29, 1.82) is 0 Å². The number of hydrogen-bond acceptors (Lipinski definition) is 3. The van der Waals surface area contributed by atoms with Crippen molar-refractivity contribution in [3.8, 4) is 0 Å². The Bertz CT molecular complexity index is 505. The highest BCUT2D eigenvalue weighted by Gasteiger charge is 2.08. The Kier molecular flexibility index (Phi) is 5.24. The van der Waals surface area contributed by atoms with Gasteiger partial charge in [0, 0.05) is 18.3 Å². The van der Waals surface area contributed by atoms with Gasteiger partial charge in [-0.25, -0.2) is 0 Å². The topological polar surface area (TPSA) is 28.4 Å². The number of nitrogens with one attached hydrogen (secondary N) is 1. The molecule has 0 saturated carbocycles. The monoisotopic (exact) mass is 272 g/mol. The fraction of sp³-hybridized carbons (Fsp3) is 0.412. The third-order valence-electron chi connectivity index (χ3n) is 3.25. The molecule has 0 aliphatic rings. The molecule has 2 rings (SSSR count). The minimum absolute atomic E-state index is 0.472. The summed E-state index contributed by atoms with van der Waals surface area (Å²) in [6, 6.07) is 15.0. The molecule has 0 aliphatic heterocycles. The third-order valence-corrected chi connectivity index (χ3v) is 3.25. The first kappa shape index (κ1) is 14.7. The molecule has 0 aliphatic carbocycles. The second-order valence-electron chi connectivity index (χ2n) is 5.25. The lowest BCUT2D eigenvalue weighted by atomic mass is 10.2. The molecule has 0 unspecified atom stereocenters. The van der Waals surface area contributed by atoms with Crippen LogP contribution in [-0.4, -0.2) is 12.6 Å². The van der Waals surface area contributed by atoms with Crippen molar-refractivity contribution in [3.63, 3.8) is 0 Å². The van der Waals surface area contributed by atoms with Crippen LogP contribution in [0.25, 0.3) is 0 Å². The Morgan fingerprint density at radius 1 is 1.05 bits per heavy atom. The molecule has 1 aromatic carbocycles. The van der Waals surface area contributed by atoms with Gasteiger partial charge in [0.2, 0.25) is 0 Å². The van der Waals surface area contributed by atoms with Crippen molar-refractivity contribution in [2.75, 3.05) is 11.4 Å². The van der Waals surface area contributed by atoms with Crippen LogP contribution in [0.4, 0.5) is 5.69 Å². The summed E-state index contributed by atoms with van der Waals surface area (Å²) in [6.07, 6.45) is 0. The fourth-order valence-corrected chi connectivity index (χ4v) is 2.12. The van der Waals surface area contributed by atoms with Crippen molar-refractivity contribution in [3.05, 3.63) is 54.0 Å². The van der Waals surface area contributed by atoms with Crippen LogP contribution in [0.1, 0.15) is 32.3 Å². The molecule has 20 heavy (non-hydrogen) atoms. The van der Waals surface area contributed by atoms with Gasteiger partial charge >= 0.3 is 0 Å². The Morgan fingerprint density at radius 2 is 1.75 bits per heavy atom. The standard InChI is InChI=1S/C17H24N2O/c1-4-19(15-8-6-5-7-9-15)13-17-11-10-16(20-17)12-18-14(2)3/h5-11,14,18H,4,12-13H2,1-3H3. The molecule has 0 saturated heterocycles. The maximum Gasteiger partial charge on any atom is 0.123 e. The lowest BCUT2D eigenvalue weighted by Crippen LogP contribution is -2.22. The maximum absolute atomic E-state index is 5.88. The highest BCUT2D eigenvalue weighted by atomic mass is 16.3. The van der Waals surface area contributed by atoms with E-state index < -0.39 is 0 Å². The third kappa shape index (κ3) is 4.14. The number of benzene rings is 1. The summed E-state index contributed by atoms with van der Waals surface area (Å²) in [5, 5.41) is 3.37. The number of hydrogen-bond donors (Lipinski definition) is 1. The van der Waals surface area contributed by atoms with Gasteiger partial charge in [-0.05, 0) is 31.2 Å². The molecular weight excluding hydrogens is 248 g/mol. The lowest BCUT2D eigenvalue weighted by molar-refractivity contribution is 0.433. The van der Waals surface area contributed by atoms with Crippen molar-refractivity contribution in [2.24, 2.45) is 0 Å². The number of rotatable bonds is 7. The van der Waals surface area contributed by atoms with Gasteiger partial charge in [0.1, 0.15) is 11.5 Å². The van der Waals surface area contributed by atoms with Gasteiger partial charge in [-0.3, -0.25) is 0 Å². The zero-order chi connectivity index (χ0) is 14.4. The number of nitrogens with zero attached hydrogens (tertiary/aromatic N) is 1. The molecule has 0 bridgehead atoms. The molecule has 0 radical (unpaired) electrons. The van der Waals surface area contributed by atoms with Crippen LogP contribution >= 0.6 is 0 Å². The van der Waals surface area contributed by atoms with E-state index in [4.69, 9.17) is 4.42 Å². The van der Waals surface area contributed by atoms with Gasteiger partial charge in [-0.2, -0.15) is 0 Å². The van der Waals surface area contributed by atoms with Crippen LogP contribution in [0.5, 0.6) is 0 Å².